The Morgan fingerprint density at radius 2 is 2.04 bits per heavy atom. The molecule has 132 valence electrons. The molecule has 2 aliphatic heterocycles. The van der Waals surface area contributed by atoms with E-state index in [0.717, 1.165) is 29.9 Å². The summed E-state index contributed by atoms with van der Waals surface area (Å²) >= 11 is 1.62. The molecule has 6 nitrogen and oxygen atoms in total. The van der Waals surface area contributed by atoms with Crippen LogP contribution in [0.1, 0.15) is 36.0 Å². The van der Waals surface area contributed by atoms with E-state index in [1.165, 1.54) is 0 Å². The van der Waals surface area contributed by atoms with Crippen molar-refractivity contribution in [2.75, 3.05) is 24.2 Å². The Morgan fingerprint density at radius 3 is 2.76 bits per heavy atom. The van der Waals surface area contributed by atoms with E-state index in [9.17, 15) is 14.4 Å². The second kappa shape index (κ2) is 6.71. The molecule has 0 bridgehead atoms. The first kappa shape index (κ1) is 16.4. The van der Waals surface area contributed by atoms with Crippen LogP contribution in [0.5, 0.6) is 0 Å². The second-order valence-corrected chi connectivity index (χ2v) is 8.04. The molecule has 4 rings (SSSR count). The Kier molecular flexibility index (Phi) is 4.41. The number of fused-ring (bicyclic) bond motifs is 1. The van der Waals surface area contributed by atoms with Crippen LogP contribution in [-0.2, 0) is 9.59 Å². The number of carbonyl (C=O) groups excluding carboxylic acids is 3. The Bertz CT molecular complexity index is 726. The third-order valence-corrected chi connectivity index (χ3v) is 6.15. The van der Waals surface area contributed by atoms with Crippen LogP contribution in [0.25, 0.3) is 0 Å². The third kappa shape index (κ3) is 3.38. The third-order valence-electron chi connectivity index (χ3n) is 5.08. The second-order valence-electron chi connectivity index (χ2n) is 6.90. The quantitative estimate of drug-likeness (QED) is 0.863. The maximum absolute atomic E-state index is 12.6. The summed E-state index contributed by atoms with van der Waals surface area (Å²) in [5.74, 6) is 0.989. The summed E-state index contributed by atoms with van der Waals surface area (Å²) in [5, 5.41) is 5.89. The lowest BCUT2D eigenvalue weighted by Crippen LogP contribution is -2.61. The minimum absolute atomic E-state index is 0.0152. The average molecular weight is 359 g/mol. The highest BCUT2D eigenvalue weighted by molar-refractivity contribution is 7.99. The van der Waals surface area contributed by atoms with Crippen molar-refractivity contribution in [2.45, 2.75) is 36.6 Å². The van der Waals surface area contributed by atoms with Crippen LogP contribution in [0.15, 0.2) is 23.1 Å². The molecule has 0 aromatic heterocycles. The van der Waals surface area contributed by atoms with E-state index in [1.807, 2.05) is 12.1 Å². The van der Waals surface area contributed by atoms with Crippen molar-refractivity contribution in [1.82, 2.24) is 10.2 Å². The topological polar surface area (TPSA) is 78.5 Å². The van der Waals surface area contributed by atoms with Gasteiger partial charge in [-0.3, -0.25) is 14.4 Å². The van der Waals surface area contributed by atoms with Gasteiger partial charge in [0.05, 0.1) is 11.7 Å². The molecular weight excluding hydrogens is 338 g/mol. The van der Waals surface area contributed by atoms with Gasteiger partial charge in [-0.25, -0.2) is 0 Å². The summed E-state index contributed by atoms with van der Waals surface area (Å²) in [6.45, 7) is 1.10. The lowest BCUT2D eigenvalue weighted by atomic mass is 9.84. The molecule has 7 heteroatoms. The van der Waals surface area contributed by atoms with Gasteiger partial charge in [-0.15, -0.1) is 11.8 Å². The highest BCUT2D eigenvalue weighted by Crippen LogP contribution is 2.32. The Balaban J connectivity index is 1.36. The fraction of sp³-hybridized carbons (Fsp3) is 0.500. The number of hydrogen-bond acceptors (Lipinski definition) is 4. The van der Waals surface area contributed by atoms with Crippen LogP contribution in [0.2, 0.25) is 0 Å². The molecule has 0 spiro atoms. The number of carbonyl (C=O) groups is 3. The zero-order chi connectivity index (χ0) is 17.4. The van der Waals surface area contributed by atoms with E-state index in [0.29, 0.717) is 30.8 Å². The minimum Gasteiger partial charge on any atom is -0.350 e. The summed E-state index contributed by atoms with van der Waals surface area (Å²) in [5.41, 5.74) is 1.29. The maximum Gasteiger partial charge on any atom is 0.254 e. The van der Waals surface area contributed by atoms with E-state index >= 15 is 0 Å². The van der Waals surface area contributed by atoms with E-state index in [-0.39, 0.29) is 29.7 Å². The van der Waals surface area contributed by atoms with E-state index in [1.54, 1.807) is 22.7 Å². The van der Waals surface area contributed by atoms with E-state index < -0.39 is 0 Å². The molecule has 1 saturated carbocycles. The lowest BCUT2D eigenvalue weighted by Gasteiger charge is -2.40. The number of benzene rings is 1. The molecule has 1 aromatic rings. The minimum atomic E-state index is -0.0551. The summed E-state index contributed by atoms with van der Waals surface area (Å²) in [4.78, 5) is 39.0. The van der Waals surface area contributed by atoms with Crippen molar-refractivity contribution in [3.63, 3.8) is 0 Å². The van der Waals surface area contributed by atoms with Crippen LogP contribution in [0.3, 0.4) is 0 Å². The van der Waals surface area contributed by atoms with Crippen molar-refractivity contribution < 1.29 is 14.4 Å². The largest absolute Gasteiger partial charge is 0.350 e. The number of hydrogen-bond donors (Lipinski definition) is 2. The number of anilines is 1. The number of thioether (sulfide) groups is 1. The molecule has 1 aromatic carbocycles. The van der Waals surface area contributed by atoms with Crippen molar-refractivity contribution in [3.05, 3.63) is 23.8 Å². The smallest absolute Gasteiger partial charge is 0.254 e. The van der Waals surface area contributed by atoms with Crippen molar-refractivity contribution >= 4 is 35.2 Å². The number of amides is 3. The Hall–Kier alpha value is -2.02. The zero-order valence-electron chi connectivity index (χ0n) is 13.9. The van der Waals surface area contributed by atoms with Crippen molar-refractivity contribution in [2.24, 2.45) is 5.92 Å². The van der Waals surface area contributed by atoms with Crippen LogP contribution < -0.4 is 10.6 Å². The maximum atomic E-state index is 12.6. The predicted molar refractivity (Wildman–Crippen MR) is 95.6 cm³/mol. The van der Waals surface area contributed by atoms with Gasteiger partial charge in [-0.05, 0) is 31.0 Å². The standard InChI is InChI=1S/C18H21N3O3S/c22-16-6-7-25-15-5-4-12(8-14(15)20-16)18(24)21-9-13(10-21)19-17(23)11-2-1-3-11/h4-5,8,11,13H,1-3,6-7,9-10H2,(H,19,23)(H,20,22). The average Bonchev–Trinajstić information content (AvgIpc) is 2.67. The first-order chi connectivity index (χ1) is 12.1. The van der Waals surface area contributed by atoms with Gasteiger partial charge >= 0.3 is 0 Å². The molecule has 3 amide bonds. The van der Waals surface area contributed by atoms with Crippen LogP contribution in [0, 0.1) is 5.92 Å². The molecule has 0 radical (unpaired) electrons. The van der Waals surface area contributed by atoms with Gasteiger partial charge in [-0.1, -0.05) is 6.42 Å². The first-order valence-electron chi connectivity index (χ1n) is 8.76. The fourth-order valence-electron chi connectivity index (χ4n) is 3.26. The van der Waals surface area contributed by atoms with E-state index in [4.69, 9.17) is 0 Å². The summed E-state index contributed by atoms with van der Waals surface area (Å²) in [6.07, 6.45) is 3.59. The van der Waals surface area contributed by atoms with Crippen LogP contribution in [-0.4, -0.2) is 47.5 Å². The van der Waals surface area contributed by atoms with Gasteiger partial charge < -0.3 is 15.5 Å². The van der Waals surface area contributed by atoms with Gasteiger partial charge in [0, 0.05) is 41.6 Å². The number of likely N-dealkylation sites (tertiary alicyclic amines) is 1. The van der Waals surface area contributed by atoms with Crippen LogP contribution >= 0.6 is 11.8 Å². The van der Waals surface area contributed by atoms with Gasteiger partial charge in [0.25, 0.3) is 5.91 Å². The normalized spacial score (nSPS) is 20.6. The van der Waals surface area contributed by atoms with Crippen molar-refractivity contribution in [3.8, 4) is 0 Å². The van der Waals surface area contributed by atoms with Gasteiger partial charge in [0.15, 0.2) is 0 Å². The number of nitrogens with zero attached hydrogens (tertiary/aromatic N) is 1. The lowest BCUT2D eigenvalue weighted by molar-refractivity contribution is -0.129. The molecule has 2 fully saturated rings. The Labute approximate surface area is 150 Å². The molecule has 2 N–H and O–H groups in total. The van der Waals surface area contributed by atoms with Gasteiger partial charge in [-0.2, -0.15) is 0 Å². The van der Waals surface area contributed by atoms with Gasteiger partial charge in [0.1, 0.15) is 0 Å². The molecule has 2 heterocycles. The zero-order valence-corrected chi connectivity index (χ0v) is 14.7. The molecule has 0 unspecified atom stereocenters. The van der Waals surface area contributed by atoms with Gasteiger partial charge in [0.2, 0.25) is 11.8 Å². The van der Waals surface area contributed by atoms with Crippen LogP contribution in [0.4, 0.5) is 5.69 Å². The summed E-state index contributed by atoms with van der Waals surface area (Å²) < 4.78 is 0. The van der Waals surface area contributed by atoms with Crippen molar-refractivity contribution in [1.29, 1.82) is 0 Å². The summed E-state index contributed by atoms with van der Waals surface area (Å²) in [6, 6.07) is 5.53. The molecular formula is C18H21N3O3S. The SMILES string of the molecule is O=C1CCSc2ccc(C(=O)N3CC(NC(=O)C4CCC4)C3)cc2N1. The first-order valence-corrected chi connectivity index (χ1v) is 9.75. The molecule has 1 aliphatic carbocycles. The summed E-state index contributed by atoms with van der Waals surface area (Å²) in [7, 11) is 0. The van der Waals surface area contributed by atoms with E-state index in [2.05, 4.69) is 10.6 Å². The highest BCUT2D eigenvalue weighted by Gasteiger charge is 2.35. The molecule has 3 aliphatic rings. The molecule has 1 saturated heterocycles. The fourth-order valence-corrected chi connectivity index (χ4v) is 4.20. The number of nitrogens with one attached hydrogen (secondary N) is 2. The predicted octanol–water partition coefficient (Wildman–Crippen LogP) is 1.86. The number of rotatable bonds is 3. The molecule has 25 heavy (non-hydrogen) atoms. The monoisotopic (exact) mass is 359 g/mol. The Morgan fingerprint density at radius 1 is 1.24 bits per heavy atom. The molecule has 0 atom stereocenters. The highest BCUT2D eigenvalue weighted by atomic mass is 32.2.